The quantitative estimate of drug-likeness (QED) is 0.0277. The monoisotopic (exact) mass is 1260 g/mol. The van der Waals surface area contributed by atoms with E-state index >= 15 is 0 Å². The average molecular weight is 1260 g/mol. The van der Waals surface area contributed by atoms with Gasteiger partial charge in [0.1, 0.15) is 6.04 Å². The third-order valence-corrected chi connectivity index (χ3v) is 19.5. The van der Waals surface area contributed by atoms with Crippen molar-refractivity contribution in [3.63, 3.8) is 0 Å². The lowest BCUT2D eigenvalue weighted by Gasteiger charge is -2.41. The SMILES string of the molecule is CC[C@@H](CCN1CCOCC1)Nc1ccc(CNC(=O)c2ccc(N3CCN(CC4=C(c5ccc(Cl)cc5)CCC(C)(CNC(=O)CCCCCCCCNc5cccc6c5C(=O)N(C5CCC(=O)NC5=O)C6=O)C4)CC3)cc2)cc1S(=O)(=O)C(F)(F)F. The van der Waals surface area contributed by atoms with Crippen LogP contribution in [0.2, 0.25) is 5.02 Å². The van der Waals surface area contributed by atoms with E-state index in [2.05, 4.69) is 60.3 Å². The minimum absolute atomic E-state index is 0.0510. The van der Waals surface area contributed by atoms with Crippen molar-refractivity contribution >= 4 is 79.5 Å². The van der Waals surface area contributed by atoms with Crippen LogP contribution in [0, 0.1) is 5.41 Å². The number of unbranched alkanes of at least 4 members (excludes halogenated alkanes) is 5. The molecule has 5 N–H and O–H groups in total. The van der Waals surface area contributed by atoms with Gasteiger partial charge in [0.2, 0.25) is 17.7 Å². The molecule has 6 amide bonds. The van der Waals surface area contributed by atoms with Crippen LogP contribution in [0.1, 0.15) is 146 Å². The number of carbonyl (C=O) groups is 6. The fraction of sp³-hybridized carbons (Fsp3) is 0.508. The number of morpholine rings is 1. The van der Waals surface area contributed by atoms with Gasteiger partial charge in [0, 0.05) is 113 Å². The van der Waals surface area contributed by atoms with E-state index < -0.39 is 55.8 Å². The van der Waals surface area contributed by atoms with Crippen molar-refractivity contribution in [1.29, 1.82) is 0 Å². The Labute approximate surface area is 518 Å². The number of nitrogens with one attached hydrogen (secondary N) is 5. The number of halogens is 4. The number of piperazine rings is 1. The molecule has 5 aliphatic rings. The Morgan fingerprint density at radius 1 is 0.818 bits per heavy atom. The van der Waals surface area contributed by atoms with Crippen molar-refractivity contribution in [2.75, 3.05) is 94.2 Å². The van der Waals surface area contributed by atoms with Gasteiger partial charge in [0.25, 0.3) is 27.6 Å². The number of hydrogen-bond donors (Lipinski definition) is 5. The van der Waals surface area contributed by atoms with Crippen LogP contribution in [0.15, 0.2) is 95.4 Å². The summed E-state index contributed by atoms with van der Waals surface area (Å²) in [4.78, 5) is 84.5. The third-order valence-electron chi connectivity index (χ3n) is 17.7. The predicted octanol–water partition coefficient (Wildman–Crippen LogP) is 9.60. The van der Waals surface area contributed by atoms with Gasteiger partial charge in [-0.3, -0.25) is 48.8 Å². The summed E-state index contributed by atoms with van der Waals surface area (Å²) in [5.41, 5.74) is 0.560. The molecule has 0 radical (unpaired) electrons. The van der Waals surface area contributed by atoms with Crippen molar-refractivity contribution in [3.05, 3.63) is 123 Å². The molecule has 4 aromatic carbocycles. The first-order chi connectivity index (χ1) is 42.2. The summed E-state index contributed by atoms with van der Waals surface area (Å²) in [5.74, 6) is -2.54. The van der Waals surface area contributed by atoms with Gasteiger partial charge in [-0.25, -0.2) is 8.42 Å². The number of nitrogens with zero attached hydrogens (tertiary/aromatic N) is 4. The molecule has 4 heterocycles. The van der Waals surface area contributed by atoms with E-state index in [1.165, 1.54) is 23.3 Å². The van der Waals surface area contributed by atoms with E-state index in [9.17, 15) is 50.4 Å². The van der Waals surface area contributed by atoms with Crippen molar-refractivity contribution in [3.8, 4) is 0 Å². The van der Waals surface area contributed by atoms with E-state index in [1.807, 2.05) is 31.2 Å². The molecule has 3 fully saturated rings. The van der Waals surface area contributed by atoms with Crippen molar-refractivity contribution in [2.24, 2.45) is 5.41 Å². The third kappa shape index (κ3) is 16.5. The van der Waals surface area contributed by atoms with E-state index in [-0.39, 0.29) is 59.1 Å². The summed E-state index contributed by atoms with van der Waals surface area (Å²) < 4.78 is 73.2. The molecule has 0 spiro atoms. The summed E-state index contributed by atoms with van der Waals surface area (Å²) in [5, 5.41) is 15.3. The number of imide groups is 2. The number of fused-ring (bicyclic) bond motifs is 1. The Kier molecular flexibility index (Phi) is 22.1. The molecule has 3 atom stereocenters. The van der Waals surface area contributed by atoms with E-state index in [4.69, 9.17) is 16.3 Å². The summed E-state index contributed by atoms with van der Waals surface area (Å²) >= 11 is 6.33. The number of benzene rings is 4. The standard InChI is InChI=1S/C65H81ClF3N9O9S/c1-3-49(27-30-75-35-37-87-38-36-75)73-53-23-14-44(39-56(53)88(85,86)65(67,68)69)41-71-60(81)46-17-21-50(22-18-46)77-33-31-76(32-34-77)42-47-40-64(2,28-26-51(47)45-15-19-48(66)20-16-45)43-72-57(79)13-8-6-4-5-7-9-29-70-54-12-10-11-52-59(54)63(84)78(62(52)83)55-24-25-58(80)74-61(55)82/h10-12,14-23,39,49,55,70,73H,3-9,13,24-38,40-43H2,1-2H3,(H,71,81)(H,72,79)(H,74,80,82)/t49-,55?,64?/m0/s1. The van der Waals surface area contributed by atoms with Crippen LogP contribution in [0.4, 0.5) is 30.2 Å². The maximum atomic E-state index is 14.0. The van der Waals surface area contributed by atoms with Gasteiger partial charge in [-0.15, -0.1) is 0 Å². The Balaban J connectivity index is 0.703. The predicted molar refractivity (Wildman–Crippen MR) is 333 cm³/mol. The first kappa shape index (κ1) is 65.6. The second kappa shape index (κ2) is 29.6. The topological polar surface area (TPSA) is 219 Å². The Bertz CT molecular complexity index is 3320. The number of anilines is 3. The molecule has 23 heteroatoms. The summed E-state index contributed by atoms with van der Waals surface area (Å²) in [6.45, 7) is 12.4. The largest absolute Gasteiger partial charge is 0.501 e. The number of carbonyl (C=O) groups excluding carboxylic acids is 6. The highest BCUT2D eigenvalue weighted by atomic mass is 35.5. The van der Waals surface area contributed by atoms with Crippen LogP contribution in [0.5, 0.6) is 0 Å². The van der Waals surface area contributed by atoms with Gasteiger partial charge in [0.15, 0.2) is 0 Å². The molecule has 2 unspecified atom stereocenters. The van der Waals surface area contributed by atoms with Gasteiger partial charge in [-0.2, -0.15) is 13.2 Å². The number of rotatable bonds is 27. The van der Waals surface area contributed by atoms with Crippen LogP contribution >= 0.6 is 11.6 Å². The second-order valence-corrected chi connectivity index (χ2v) is 26.4. The fourth-order valence-electron chi connectivity index (χ4n) is 12.5. The molecule has 4 aromatic rings. The number of amides is 6. The maximum Gasteiger partial charge on any atom is 0.501 e. The zero-order chi connectivity index (χ0) is 62.6. The van der Waals surface area contributed by atoms with Crippen LogP contribution in [-0.2, 0) is 35.5 Å². The molecule has 3 saturated heterocycles. The molecule has 0 saturated carbocycles. The molecule has 1 aliphatic carbocycles. The van der Waals surface area contributed by atoms with E-state index in [1.54, 1.807) is 30.3 Å². The number of alkyl halides is 3. The minimum atomic E-state index is -5.72. The summed E-state index contributed by atoms with van der Waals surface area (Å²) in [7, 11) is -5.72. The molecular weight excluding hydrogens is 1180 g/mol. The zero-order valence-corrected chi connectivity index (χ0v) is 51.8. The van der Waals surface area contributed by atoms with Gasteiger partial charge in [0.05, 0.1) is 34.9 Å². The number of ether oxygens (including phenoxy) is 1. The van der Waals surface area contributed by atoms with Crippen LogP contribution in [0.25, 0.3) is 5.57 Å². The zero-order valence-electron chi connectivity index (χ0n) is 50.2. The van der Waals surface area contributed by atoms with Gasteiger partial charge < -0.3 is 30.9 Å². The van der Waals surface area contributed by atoms with Gasteiger partial charge >= 0.3 is 5.51 Å². The number of allylic oxidation sites excluding steroid dienone is 1. The molecule has 0 bridgehead atoms. The highest BCUT2D eigenvalue weighted by Gasteiger charge is 2.49. The average Bonchev–Trinajstić information content (AvgIpc) is 2.08. The number of sulfone groups is 1. The first-order valence-corrected chi connectivity index (χ1v) is 32.7. The van der Waals surface area contributed by atoms with Crippen molar-refractivity contribution in [2.45, 2.75) is 133 Å². The van der Waals surface area contributed by atoms with Crippen LogP contribution in [0.3, 0.4) is 0 Å². The van der Waals surface area contributed by atoms with Gasteiger partial charge in [-0.05, 0) is 134 Å². The maximum absolute atomic E-state index is 14.0. The molecular formula is C65H81ClF3N9O9S. The van der Waals surface area contributed by atoms with E-state index in [0.29, 0.717) is 68.4 Å². The molecule has 0 aromatic heterocycles. The highest BCUT2D eigenvalue weighted by molar-refractivity contribution is 7.92. The molecule has 88 heavy (non-hydrogen) atoms. The number of hydrogen-bond acceptors (Lipinski definition) is 14. The number of piperidine rings is 1. The first-order valence-electron chi connectivity index (χ1n) is 30.9. The summed E-state index contributed by atoms with van der Waals surface area (Å²) in [6.07, 6.45) is 9.86. The molecule has 18 nitrogen and oxygen atoms in total. The lowest BCUT2D eigenvalue weighted by Crippen LogP contribution is -2.54. The second-order valence-electron chi connectivity index (χ2n) is 24.1. The minimum Gasteiger partial charge on any atom is -0.384 e. The molecule has 9 rings (SSSR count). The Morgan fingerprint density at radius 2 is 1.53 bits per heavy atom. The molecule has 4 aliphatic heterocycles. The lowest BCUT2D eigenvalue weighted by atomic mass is 9.71. The lowest BCUT2D eigenvalue weighted by molar-refractivity contribution is -0.136. The van der Waals surface area contributed by atoms with Crippen LogP contribution < -0.4 is 31.5 Å². The van der Waals surface area contributed by atoms with Crippen LogP contribution in [-0.4, -0.2) is 155 Å². The Hall–Kier alpha value is -6.85. The molecule has 474 valence electrons. The smallest absolute Gasteiger partial charge is 0.384 e. The van der Waals surface area contributed by atoms with Gasteiger partial charge in [-0.1, -0.05) is 81.0 Å². The summed E-state index contributed by atoms with van der Waals surface area (Å²) in [6, 6.07) is 22.8. The highest BCUT2D eigenvalue weighted by Crippen LogP contribution is 2.44. The van der Waals surface area contributed by atoms with Crippen molar-refractivity contribution < 1.29 is 55.1 Å². The normalized spacial score (nSPS) is 20.0. The van der Waals surface area contributed by atoms with E-state index in [0.717, 1.165) is 126 Å². The fourth-order valence-corrected chi connectivity index (χ4v) is 13.6. The Morgan fingerprint density at radius 3 is 2.24 bits per heavy atom. The van der Waals surface area contributed by atoms with Crippen molar-refractivity contribution in [1.82, 2.24) is 30.7 Å².